The van der Waals surface area contributed by atoms with Crippen molar-refractivity contribution in [2.24, 2.45) is 17.8 Å². The average Bonchev–Trinajstić information content (AvgIpc) is 3.36. The maximum atomic E-state index is 14.1. The van der Waals surface area contributed by atoms with Gasteiger partial charge in [-0.3, -0.25) is 14.5 Å². The molecule has 2 N–H and O–H groups in total. The van der Waals surface area contributed by atoms with Crippen LogP contribution in [0.25, 0.3) is 11.6 Å². The summed E-state index contributed by atoms with van der Waals surface area (Å²) in [6, 6.07) is 33.4. The highest BCUT2D eigenvalue weighted by Gasteiger charge is 2.57. The SMILES string of the molecule is O=C1[C@@H]2[C@@H](CC(COc3ccccc3)=C3[C@@H](CC/C(=C/c4ccc(O)cc4Cl)c4ccccc4)OB(O)C[C@@H]32)C(=O)N1c1ccccc1. The molecule has 9 heteroatoms. The van der Waals surface area contributed by atoms with E-state index >= 15 is 0 Å². The summed E-state index contributed by atoms with van der Waals surface area (Å²) in [6.07, 6.45) is 3.17. The third-order valence-electron chi connectivity index (χ3n) is 9.61. The number of carbonyl (C=O) groups excluding carboxylic acids is 2. The summed E-state index contributed by atoms with van der Waals surface area (Å²) in [5, 5.41) is 21.4. The minimum absolute atomic E-state index is 0.0904. The van der Waals surface area contributed by atoms with Gasteiger partial charge in [0.25, 0.3) is 0 Å². The number of halogens is 1. The Morgan fingerprint density at radius 3 is 2.31 bits per heavy atom. The fraction of sp³-hybridized carbons (Fsp3) is 0.231. The maximum absolute atomic E-state index is 14.1. The Bertz CT molecular complexity index is 1870. The van der Waals surface area contributed by atoms with Crippen molar-refractivity contribution in [3.8, 4) is 11.5 Å². The van der Waals surface area contributed by atoms with Crippen LogP contribution >= 0.6 is 11.6 Å². The molecule has 2 amide bonds. The summed E-state index contributed by atoms with van der Waals surface area (Å²) in [7, 11) is -1.09. The second-order valence-electron chi connectivity index (χ2n) is 12.5. The van der Waals surface area contributed by atoms with E-state index in [9.17, 15) is 19.7 Å². The lowest BCUT2D eigenvalue weighted by molar-refractivity contribution is -0.122. The molecule has 1 aliphatic carbocycles. The van der Waals surface area contributed by atoms with Crippen molar-refractivity contribution < 1.29 is 29.1 Å². The van der Waals surface area contributed by atoms with Crippen molar-refractivity contribution in [3.05, 3.63) is 136 Å². The minimum Gasteiger partial charge on any atom is -0.508 e. The highest BCUT2D eigenvalue weighted by Crippen LogP contribution is 2.51. The van der Waals surface area contributed by atoms with Gasteiger partial charge in [0.2, 0.25) is 11.8 Å². The summed E-state index contributed by atoms with van der Waals surface area (Å²) >= 11 is 6.51. The zero-order valence-electron chi connectivity index (χ0n) is 26.2. The molecule has 4 atom stereocenters. The van der Waals surface area contributed by atoms with Gasteiger partial charge < -0.3 is 19.5 Å². The van der Waals surface area contributed by atoms with Gasteiger partial charge >= 0.3 is 7.12 Å². The molecule has 2 heterocycles. The van der Waals surface area contributed by atoms with E-state index in [0.29, 0.717) is 35.7 Å². The number of amides is 2. The van der Waals surface area contributed by atoms with Crippen LogP contribution in [0.5, 0.6) is 11.5 Å². The highest BCUT2D eigenvalue weighted by molar-refractivity contribution is 6.43. The summed E-state index contributed by atoms with van der Waals surface area (Å²) in [5.41, 5.74) is 5.22. The van der Waals surface area contributed by atoms with Crippen LogP contribution in [-0.2, 0) is 14.2 Å². The predicted octanol–water partition coefficient (Wildman–Crippen LogP) is 7.45. The second kappa shape index (κ2) is 13.8. The van der Waals surface area contributed by atoms with Gasteiger partial charge in [-0.1, -0.05) is 78.3 Å². The van der Waals surface area contributed by atoms with Crippen LogP contribution in [-0.4, -0.2) is 41.8 Å². The molecule has 2 aliphatic heterocycles. The number of benzene rings is 4. The van der Waals surface area contributed by atoms with Crippen molar-refractivity contribution in [2.75, 3.05) is 11.5 Å². The molecule has 242 valence electrons. The van der Waals surface area contributed by atoms with Gasteiger partial charge in [-0.15, -0.1) is 0 Å². The van der Waals surface area contributed by atoms with E-state index in [1.165, 1.54) is 11.0 Å². The fourth-order valence-electron chi connectivity index (χ4n) is 7.47. The van der Waals surface area contributed by atoms with Gasteiger partial charge in [-0.2, -0.15) is 0 Å². The van der Waals surface area contributed by atoms with Gasteiger partial charge in [0.05, 0.1) is 28.6 Å². The highest BCUT2D eigenvalue weighted by atomic mass is 35.5. The first-order valence-corrected chi connectivity index (χ1v) is 16.7. The number of aromatic hydroxyl groups is 1. The first kappa shape index (κ1) is 31.9. The van der Waals surface area contributed by atoms with Crippen LogP contribution in [0.4, 0.5) is 5.69 Å². The van der Waals surface area contributed by atoms with Gasteiger partial charge in [-0.05, 0) is 108 Å². The first-order valence-electron chi connectivity index (χ1n) is 16.3. The molecule has 7 rings (SSSR count). The Labute approximate surface area is 285 Å². The molecule has 3 aliphatic rings. The van der Waals surface area contributed by atoms with Crippen molar-refractivity contribution >= 4 is 47.9 Å². The number of nitrogens with zero attached hydrogens (tertiary/aromatic N) is 1. The van der Waals surface area contributed by atoms with Gasteiger partial charge in [0.1, 0.15) is 18.1 Å². The number of phenolic OH excluding ortho intramolecular Hbond substituents is 1. The fourth-order valence-corrected chi connectivity index (χ4v) is 7.70. The standard InChI is InChI=1S/C39H35BClNO6/c41-34-22-30(43)18-16-27(34)20-26(25-10-4-1-5-11-25)17-19-35-36-28(24-47-31-14-8-3-9-15-31)21-32-37(33(36)23-40(46)48-35)39(45)42(38(32)44)29-12-6-2-7-13-29/h1-16,18,20,22,32-33,35,37,43,46H,17,19,21,23-24H2/b26-20-/t32-,33+,35-,37-/m1/s1. The number of para-hydroxylation sites is 2. The van der Waals surface area contributed by atoms with E-state index in [0.717, 1.165) is 27.8 Å². The Balaban J connectivity index is 1.24. The molecule has 4 aromatic carbocycles. The van der Waals surface area contributed by atoms with Gasteiger partial charge in [0.15, 0.2) is 0 Å². The van der Waals surface area contributed by atoms with E-state index in [1.54, 1.807) is 24.3 Å². The Kier molecular flexibility index (Phi) is 9.22. The quantitative estimate of drug-likeness (QED) is 0.0839. The number of ether oxygens (including phenoxy) is 1. The number of hydrogen-bond acceptors (Lipinski definition) is 6. The van der Waals surface area contributed by atoms with Gasteiger partial charge in [-0.25, -0.2) is 0 Å². The zero-order chi connectivity index (χ0) is 33.2. The molecule has 48 heavy (non-hydrogen) atoms. The first-order chi connectivity index (χ1) is 23.4. The molecule has 2 saturated heterocycles. The van der Waals surface area contributed by atoms with Crippen LogP contribution < -0.4 is 9.64 Å². The molecule has 0 radical (unpaired) electrons. The van der Waals surface area contributed by atoms with E-state index in [2.05, 4.69) is 0 Å². The topological polar surface area (TPSA) is 96.3 Å². The summed E-state index contributed by atoms with van der Waals surface area (Å²) < 4.78 is 12.5. The molecule has 0 aromatic heterocycles. The number of allylic oxidation sites excluding steroid dienone is 1. The summed E-state index contributed by atoms with van der Waals surface area (Å²) in [5.74, 6) is -1.19. The van der Waals surface area contributed by atoms with Crippen LogP contribution in [0.3, 0.4) is 0 Å². The van der Waals surface area contributed by atoms with Crippen LogP contribution in [0, 0.1) is 17.8 Å². The van der Waals surface area contributed by atoms with Crippen LogP contribution in [0.1, 0.15) is 30.4 Å². The summed E-state index contributed by atoms with van der Waals surface area (Å²) in [4.78, 5) is 29.3. The number of rotatable bonds is 9. The number of carbonyl (C=O) groups is 2. The molecular weight excluding hydrogens is 625 g/mol. The van der Waals surface area contributed by atoms with E-state index in [1.807, 2.05) is 84.9 Å². The molecule has 7 nitrogen and oxygen atoms in total. The smallest absolute Gasteiger partial charge is 0.455 e. The predicted molar refractivity (Wildman–Crippen MR) is 187 cm³/mol. The third-order valence-corrected chi connectivity index (χ3v) is 9.94. The monoisotopic (exact) mass is 659 g/mol. The Hall–Kier alpha value is -4.63. The van der Waals surface area contributed by atoms with Crippen molar-refractivity contribution in [3.63, 3.8) is 0 Å². The Morgan fingerprint density at radius 1 is 0.917 bits per heavy atom. The maximum Gasteiger partial charge on any atom is 0.455 e. The number of hydrogen-bond donors (Lipinski definition) is 2. The largest absolute Gasteiger partial charge is 0.508 e. The molecule has 0 spiro atoms. The van der Waals surface area contributed by atoms with E-state index in [-0.39, 0.29) is 36.4 Å². The molecule has 0 unspecified atom stereocenters. The van der Waals surface area contributed by atoms with Crippen molar-refractivity contribution in [2.45, 2.75) is 31.7 Å². The normalized spacial score (nSPS) is 22.5. The number of anilines is 1. The van der Waals surface area contributed by atoms with Crippen molar-refractivity contribution in [1.82, 2.24) is 0 Å². The molecular formula is C39H35BClNO6. The average molecular weight is 660 g/mol. The Morgan fingerprint density at radius 2 is 1.60 bits per heavy atom. The number of fused-ring (bicyclic) bond motifs is 3. The lowest BCUT2D eigenvalue weighted by Gasteiger charge is -2.43. The minimum atomic E-state index is -1.09. The van der Waals surface area contributed by atoms with E-state index in [4.69, 9.17) is 21.0 Å². The van der Waals surface area contributed by atoms with Gasteiger partial charge in [0, 0.05) is 0 Å². The zero-order valence-corrected chi connectivity index (χ0v) is 27.0. The van der Waals surface area contributed by atoms with Crippen LogP contribution in [0.2, 0.25) is 11.3 Å². The van der Waals surface area contributed by atoms with Crippen molar-refractivity contribution in [1.29, 1.82) is 0 Å². The lowest BCUT2D eigenvalue weighted by Crippen LogP contribution is -2.46. The molecule has 0 saturated carbocycles. The molecule has 4 aromatic rings. The lowest BCUT2D eigenvalue weighted by atomic mass is 9.58. The molecule has 2 fully saturated rings. The second-order valence-corrected chi connectivity index (χ2v) is 13.0. The number of imide groups is 1. The summed E-state index contributed by atoms with van der Waals surface area (Å²) in [6.45, 7) is 0.242. The number of phenols is 1. The van der Waals surface area contributed by atoms with E-state index < -0.39 is 25.1 Å². The molecule has 0 bridgehead atoms. The third kappa shape index (κ3) is 6.44. The van der Waals surface area contributed by atoms with Crippen LogP contribution in [0.15, 0.2) is 120 Å².